The van der Waals surface area contributed by atoms with Gasteiger partial charge in [0.2, 0.25) is 5.91 Å². The zero-order valence-corrected chi connectivity index (χ0v) is 24.6. The van der Waals surface area contributed by atoms with Gasteiger partial charge in [-0.25, -0.2) is 0 Å². The molecule has 7 unspecified atom stereocenters. The third-order valence-corrected chi connectivity index (χ3v) is 6.95. The van der Waals surface area contributed by atoms with Crippen LogP contribution < -0.4 is 5.32 Å². The van der Waals surface area contributed by atoms with Crippen LogP contribution in [-0.4, -0.2) is 87.5 Å². The van der Waals surface area contributed by atoms with Gasteiger partial charge in [0.25, 0.3) is 0 Å². The molecule has 1 aliphatic heterocycles. The second kappa shape index (κ2) is 23.0. The molecule has 0 saturated carbocycles. The van der Waals surface area contributed by atoms with Crippen molar-refractivity contribution in [3.63, 3.8) is 0 Å². The molecule has 232 valence electrons. The van der Waals surface area contributed by atoms with Crippen LogP contribution in [0, 0.1) is 0 Å². The summed E-state index contributed by atoms with van der Waals surface area (Å²) in [5.41, 5.74) is 0. The van der Waals surface area contributed by atoms with Crippen LogP contribution in [0.1, 0.15) is 97.3 Å². The van der Waals surface area contributed by atoms with Crippen molar-refractivity contribution in [2.75, 3.05) is 13.2 Å². The fraction of sp³-hybridized carbons (Fsp3) is 0.774. The van der Waals surface area contributed by atoms with E-state index in [-0.39, 0.29) is 12.5 Å². The van der Waals surface area contributed by atoms with Crippen LogP contribution in [0.25, 0.3) is 0 Å². The average molecular weight is 570 g/mol. The number of carbonyl (C=O) groups is 1. The van der Waals surface area contributed by atoms with Gasteiger partial charge in [-0.1, -0.05) is 88.8 Å². The summed E-state index contributed by atoms with van der Waals surface area (Å²) in [4.78, 5) is 12.6. The zero-order valence-electron chi connectivity index (χ0n) is 24.6. The molecule has 6 N–H and O–H groups in total. The van der Waals surface area contributed by atoms with E-state index in [9.17, 15) is 30.3 Å². The van der Waals surface area contributed by atoms with Gasteiger partial charge < -0.3 is 40.3 Å². The van der Waals surface area contributed by atoms with Crippen LogP contribution in [0.5, 0.6) is 0 Å². The van der Waals surface area contributed by atoms with Gasteiger partial charge in [0.05, 0.1) is 25.4 Å². The van der Waals surface area contributed by atoms with Crippen LogP contribution >= 0.6 is 0 Å². The zero-order chi connectivity index (χ0) is 29.6. The number of nitrogens with one attached hydrogen (secondary N) is 1. The molecule has 40 heavy (non-hydrogen) atoms. The van der Waals surface area contributed by atoms with E-state index in [0.717, 1.165) is 64.2 Å². The monoisotopic (exact) mass is 569 g/mol. The van der Waals surface area contributed by atoms with Crippen LogP contribution in [-0.2, 0) is 14.3 Å². The van der Waals surface area contributed by atoms with Crippen molar-refractivity contribution in [2.24, 2.45) is 0 Å². The van der Waals surface area contributed by atoms with Crippen molar-refractivity contribution < 1.29 is 39.8 Å². The topological polar surface area (TPSA) is 149 Å². The van der Waals surface area contributed by atoms with Crippen molar-refractivity contribution >= 4 is 5.91 Å². The van der Waals surface area contributed by atoms with Gasteiger partial charge in [0.1, 0.15) is 24.4 Å². The van der Waals surface area contributed by atoms with Crippen molar-refractivity contribution in [1.29, 1.82) is 0 Å². The number of carbonyl (C=O) groups excluding carboxylic acids is 1. The summed E-state index contributed by atoms with van der Waals surface area (Å²) in [5.74, 6) is -0.210. The number of rotatable bonds is 22. The number of unbranched alkanes of at least 4 members (excludes halogenated alkanes) is 8. The van der Waals surface area contributed by atoms with E-state index in [1.54, 1.807) is 6.08 Å². The van der Waals surface area contributed by atoms with Crippen molar-refractivity contribution in [3.8, 4) is 0 Å². The Bertz CT molecular complexity index is 726. The lowest BCUT2D eigenvalue weighted by Crippen LogP contribution is -2.60. The Balaban J connectivity index is 2.61. The largest absolute Gasteiger partial charge is 0.394 e. The van der Waals surface area contributed by atoms with Gasteiger partial charge in [-0.05, 0) is 38.5 Å². The molecular formula is C31H55NO8. The molecule has 9 heteroatoms. The Labute approximate surface area is 241 Å². The van der Waals surface area contributed by atoms with Gasteiger partial charge in [0, 0.05) is 6.42 Å². The minimum absolute atomic E-state index is 0.207. The highest BCUT2D eigenvalue weighted by molar-refractivity contribution is 5.76. The third kappa shape index (κ3) is 15.4. The van der Waals surface area contributed by atoms with E-state index in [1.807, 2.05) is 6.08 Å². The number of hydrogen-bond acceptors (Lipinski definition) is 8. The maximum atomic E-state index is 12.6. The Morgan fingerprint density at radius 3 is 2.05 bits per heavy atom. The smallest absolute Gasteiger partial charge is 0.220 e. The van der Waals surface area contributed by atoms with E-state index < -0.39 is 49.5 Å². The predicted octanol–water partition coefficient (Wildman–Crippen LogP) is 3.43. The van der Waals surface area contributed by atoms with Gasteiger partial charge >= 0.3 is 0 Å². The molecular weight excluding hydrogens is 514 g/mol. The summed E-state index contributed by atoms with van der Waals surface area (Å²) in [7, 11) is 0. The van der Waals surface area contributed by atoms with Crippen LogP contribution in [0.2, 0.25) is 0 Å². The number of aliphatic hydroxyl groups excluding tert-OH is 5. The van der Waals surface area contributed by atoms with Crippen LogP contribution in [0.15, 0.2) is 36.5 Å². The van der Waals surface area contributed by atoms with Crippen molar-refractivity contribution in [1.82, 2.24) is 5.32 Å². The highest BCUT2D eigenvalue weighted by Gasteiger charge is 2.44. The number of allylic oxidation sites excluding steroid dienone is 5. The molecule has 1 heterocycles. The minimum atomic E-state index is -1.57. The summed E-state index contributed by atoms with van der Waals surface area (Å²) in [5, 5.41) is 53.3. The Morgan fingerprint density at radius 1 is 0.825 bits per heavy atom. The molecule has 1 fully saturated rings. The molecule has 1 amide bonds. The lowest BCUT2D eigenvalue weighted by molar-refractivity contribution is -0.302. The summed E-state index contributed by atoms with van der Waals surface area (Å²) >= 11 is 0. The minimum Gasteiger partial charge on any atom is -0.394 e. The number of aliphatic hydroxyl groups is 5. The molecule has 9 nitrogen and oxygen atoms in total. The lowest BCUT2D eigenvalue weighted by atomic mass is 9.99. The van der Waals surface area contributed by atoms with Gasteiger partial charge in [-0.3, -0.25) is 4.79 Å². The lowest BCUT2D eigenvalue weighted by Gasteiger charge is -2.40. The normalized spacial score (nSPS) is 25.2. The molecule has 1 aliphatic rings. The first-order valence-corrected chi connectivity index (χ1v) is 15.2. The number of hydrogen-bond donors (Lipinski definition) is 6. The highest BCUT2D eigenvalue weighted by atomic mass is 16.7. The summed E-state index contributed by atoms with van der Waals surface area (Å²) in [6.45, 7) is 3.54. The fourth-order valence-corrected chi connectivity index (χ4v) is 4.35. The van der Waals surface area contributed by atoms with Crippen LogP contribution in [0.4, 0.5) is 0 Å². The SMILES string of the molecule is CCCC/C=C/CC/C=C/CC/C=C/C(O)C(COC1OC(CO)C(O)C(O)C1O)NC(=O)CCCCCCC. The molecule has 1 saturated heterocycles. The number of ether oxygens (including phenoxy) is 2. The van der Waals surface area contributed by atoms with Crippen LogP contribution in [0.3, 0.4) is 0 Å². The molecule has 0 aromatic carbocycles. The third-order valence-electron chi connectivity index (χ3n) is 6.95. The second-order valence-corrected chi connectivity index (χ2v) is 10.5. The van der Waals surface area contributed by atoms with Gasteiger partial charge in [-0.15, -0.1) is 0 Å². The first-order chi connectivity index (χ1) is 19.3. The molecule has 0 aromatic rings. The Morgan fingerprint density at radius 2 is 1.43 bits per heavy atom. The summed E-state index contributed by atoms with van der Waals surface area (Å²) < 4.78 is 11.0. The maximum absolute atomic E-state index is 12.6. The molecule has 0 radical (unpaired) electrons. The van der Waals surface area contributed by atoms with E-state index >= 15 is 0 Å². The Hall–Kier alpha value is -1.59. The first-order valence-electron chi connectivity index (χ1n) is 15.2. The van der Waals surface area contributed by atoms with Gasteiger partial charge in [0.15, 0.2) is 6.29 Å². The average Bonchev–Trinajstić information content (AvgIpc) is 2.95. The molecule has 1 rings (SSSR count). The summed E-state index contributed by atoms with van der Waals surface area (Å²) in [6, 6.07) is -0.818. The molecule has 0 bridgehead atoms. The summed E-state index contributed by atoms with van der Waals surface area (Å²) in [6.07, 6.45) is 16.6. The maximum Gasteiger partial charge on any atom is 0.220 e. The van der Waals surface area contributed by atoms with Gasteiger partial charge in [-0.2, -0.15) is 0 Å². The van der Waals surface area contributed by atoms with E-state index in [1.165, 1.54) is 12.8 Å². The highest BCUT2D eigenvalue weighted by Crippen LogP contribution is 2.22. The first kappa shape index (κ1) is 36.4. The fourth-order valence-electron chi connectivity index (χ4n) is 4.35. The Kier molecular flexibility index (Phi) is 21.0. The van der Waals surface area contributed by atoms with E-state index in [2.05, 4.69) is 43.5 Å². The quantitative estimate of drug-likeness (QED) is 0.0858. The number of amides is 1. The van der Waals surface area contributed by atoms with E-state index in [0.29, 0.717) is 6.42 Å². The molecule has 0 spiro atoms. The molecule has 0 aromatic heterocycles. The second-order valence-electron chi connectivity index (χ2n) is 10.5. The van der Waals surface area contributed by atoms with Crippen molar-refractivity contribution in [2.45, 2.75) is 140 Å². The van der Waals surface area contributed by atoms with E-state index in [4.69, 9.17) is 9.47 Å². The molecule has 7 atom stereocenters. The molecule has 0 aliphatic carbocycles. The standard InChI is InChI=1S/C31H55NO8/c1-3-5-7-9-10-11-12-13-14-15-17-18-20-25(34)24(32-27(35)21-19-16-8-6-4-2)23-39-31-30(38)29(37)28(36)26(22-33)40-31/h9-10,13-14,18,20,24-26,28-31,33-34,36-38H,3-8,11-12,15-17,19,21-23H2,1-2H3,(H,32,35)/b10-9+,14-13+,20-18+. The van der Waals surface area contributed by atoms with Crippen molar-refractivity contribution in [3.05, 3.63) is 36.5 Å². The predicted molar refractivity (Wildman–Crippen MR) is 156 cm³/mol.